The number of aliphatic hydroxyl groups is 1. The van der Waals surface area contributed by atoms with Gasteiger partial charge in [0.1, 0.15) is 0 Å². The highest BCUT2D eigenvalue weighted by atomic mass is 32.1. The van der Waals surface area contributed by atoms with E-state index in [1.807, 2.05) is 0 Å². The summed E-state index contributed by atoms with van der Waals surface area (Å²) in [5.74, 6) is -0.453. The molecule has 1 unspecified atom stereocenters. The molecule has 3 N–H and O–H groups in total. The van der Waals surface area contributed by atoms with Crippen molar-refractivity contribution in [3.63, 3.8) is 0 Å². The molecule has 0 fully saturated rings. The van der Waals surface area contributed by atoms with Gasteiger partial charge >= 0.3 is 0 Å². The van der Waals surface area contributed by atoms with E-state index in [0.29, 0.717) is 22.9 Å². The maximum atomic E-state index is 11.9. The van der Waals surface area contributed by atoms with Gasteiger partial charge in [-0.2, -0.15) is 0 Å². The SMILES string of the molecule is COCCC(C)(O)CNC(=O)c1ccc(NC(C)=O)s1. The smallest absolute Gasteiger partial charge is 0.261 e. The van der Waals surface area contributed by atoms with E-state index >= 15 is 0 Å². The van der Waals surface area contributed by atoms with E-state index in [0.717, 1.165) is 0 Å². The first-order valence-electron chi connectivity index (χ1n) is 6.21. The minimum absolute atomic E-state index is 0.141. The summed E-state index contributed by atoms with van der Waals surface area (Å²) in [6, 6.07) is 3.30. The monoisotopic (exact) mass is 300 g/mol. The summed E-state index contributed by atoms with van der Waals surface area (Å²) in [4.78, 5) is 23.3. The Morgan fingerprint density at radius 3 is 2.75 bits per heavy atom. The molecule has 0 bridgehead atoms. The number of amides is 2. The predicted octanol–water partition coefficient (Wildman–Crippen LogP) is 1.22. The van der Waals surface area contributed by atoms with E-state index in [-0.39, 0.29) is 18.4 Å². The Hall–Kier alpha value is -1.44. The lowest BCUT2D eigenvalue weighted by Gasteiger charge is -2.22. The summed E-state index contributed by atoms with van der Waals surface area (Å²) in [6.07, 6.45) is 0.436. The van der Waals surface area contributed by atoms with Gasteiger partial charge in [0.05, 0.1) is 15.5 Å². The molecule has 0 aromatic carbocycles. The summed E-state index contributed by atoms with van der Waals surface area (Å²) >= 11 is 1.19. The molecule has 1 aromatic rings. The Morgan fingerprint density at radius 2 is 2.15 bits per heavy atom. The van der Waals surface area contributed by atoms with Crippen molar-refractivity contribution < 1.29 is 19.4 Å². The third-order valence-electron chi connectivity index (χ3n) is 2.60. The largest absolute Gasteiger partial charge is 0.388 e. The number of hydrogen-bond donors (Lipinski definition) is 3. The molecule has 0 spiro atoms. The summed E-state index contributed by atoms with van der Waals surface area (Å²) in [6.45, 7) is 3.62. The summed E-state index contributed by atoms with van der Waals surface area (Å²) < 4.78 is 4.90. The number of nitrogens with one attached hydrogen (secondary N) is 2. The van der Waals surface area contributed by atoms with Crippen molar-refractivity contribution in [3.8, 4) is 0 Å². The number of ether oxygens (including phenoxy) is 1. The van der Waals surface area contributed by atoms with Crippen LogP contribution >= 0.6 is 11.3 Å². The second-order valence-corrected chi connectivity index (χ2v) is 5.85. The fraction of sp³-hybridized carbons (Fsp3) is 0.538. The van der Waals surface area contributed by atoms with Gasteiger partial charge in [-0.15, -0.1) is 11.3 Å². The van der Waals surface area contributed by atoms with Crippen LogP contribution in [0.5, 0.6) is 0 Å². The fourth-order valence-corrected chi connectivity index (χ4v) is 2.34. The van der Waals surface area contributed by atoms with Gasteiger partial charge in [-0.05, 0) is 19.1 Å². The Morgan fingerprint density at radius 1 is 1.45 bits per heavy atom. The van der Waals surface area contributed by atoms with Crippen LogP contribution in [0, 0.1) is 0 Å². The van der Waals surface area contributed by atoms with E-state index in [1.54, 1.807) is 26.2 Å². The zero-order valence-corrected chi connectivity index (χ0v) is 12.7. The van der Waals surface area contributed by atoms with Crippen molar-refractivity contribution in [2.45, 2.75) is 25.9 Å². The van der Waals surface area contributed by atoms with Crippen LogP contribution in [0.2, 0.25) is 0 Å². The molecule has 0 radical (unpaired) electrons. The van der Waals surface area contributed by atoms with Gasteiger partial charge in [0.2, 0.25) is 5.91 Å². The fourth-order valence-electron chi connectivity index (χ4n) is 1.47. The molecule has 0 saturated carbocycles. The molecule has 1 rings (SSSR count). The van der Waals surface area contributed by atoms with Crippen LogP contribution in [0.1, 0.15) is 29.9 Å². The van der Waals surface area contributed by atoms with Crippen LogP contribution in [0.3, 0.4) is 0 Å². The van der Waals surface area contributed by atoms with Gasteiger partial charge in [0.25, 0.3) is 5.91 Å². The van der Waals surface area contributed by atoms with Gasteiger partial charge in [-0.1, -0.05) is 0 Å². The Balaban J connectivity index is 2.50. The number of hydrogen-bond acceptors (Lipinski definition) is 5. The van der Waals surface area contributed by atoms with Crippen molar-refractivity contribution in [3.05, 3.63) is 17.0 Å². The normalized spacial score (nSPS) is 13.6. The molecular weight excluding hydrogens is 280 g/mol. The Kier molecular flexibility index (Phi) is 6.12. The maximum absolute atomic E-state index is 11.9. The zero-order chi connectivity index (χ0) is 15.2. The lowest BCUT2D eigenvalue weighted by atomic mass is 10.0. The minimum atomic E-state index is -1.01. The molecule has 1 atom stereocenters. The molecule has 0 aliphatic heterocycles. The highest BCUT2D eigenvalue weighted by molar-refractivity contribution is 7.18. The Labute approximate surface area is 122 Å². The van der Waals surface area contributed by atoms with Crippen LogP contribution in [-0.4, -0.2) is 42.8 Å². The minimum Gasteiger partial charge on any atom is -0.388 e. The highest BCUT2D eigenvalue weighted by Crippen LogP contribution is 2.21. The van der Waals surface area contributed by atoms with E-state index in [4.69, 9.17) is 4.74 Å². The zero-order valence-electron chi connectivity index (χ0n) is 11.9. The van der Waals surface area contributed by atoms with Gasteiger partial charge in [0.15, 0.2) is 0 Å². The first-order valence-corrected chi connectivity index (χ1v) is 7.02. The molecule has 20 heavy (non-hydrogen) atoms. The van der Waals surface area contributed by atoms with Crippen molar-refractivity contribution in [2.24, 2.45) is 0 Å². The quantitative estimate of drug-likeness (QED) is 0.706. The first kappa shape index (κ1) is 16.6. The second kappa shape index (κ2) is 7.37. The van der Waals surface area contributed by atoms with E-state index in [2.05, 4.69) is 10.6 Å². The molecule has 0 aliphatic rings. The van der Waals surface area contributed by atoms with Crippen molar-refractivity contribution >= 4 is 28.2 Å². The topological polar surface area (TPSA) is 87.7 Å². The Bertz CT molecular complexity index is 471. The molecule has 112 valence electrons. The number of rotatable bonds is 7. The first-order chi connectivity index (χ1) is 9.34. The summed E-state index contributed by atoms with van der Waals surface area (Å²) in [5, 5.41) is 15.9. The van der Waals surface area contributed by atoms with Crippen LogP contribution in [0.25, 0.3) is 0 Å². The average Bonchev–Trinajstić information content (AvgIpc) is 2.81. The molecule has 0 aliphatic carbocycles. The molecular formula is C13H20N2O4S. The van der Waals surface area contributed by atoms with Crippen LogP contribution in [0.15, 0.2) is 12.1 Å². The summed E-state index contributed by atoms with van der Waals surface area (Å²) in [5.41, 5.74) is -1.01. The second-order valence-electron chi connectivity index (χ2n) is 4.77. The number of carbonyl (C=O) groups excluding carboxylic acids is 2. The standard InChI is InChI=1S/C13H20N2O4S/c1-9(16)15-11-5-4-10(20-11)12(17)14-8-13(2,18)6-7-19-3/h4-5,18H,6-8H2,1-3H3,(H,14,17)(H,15,16). The van der Waals surface area contributed by atoms with E-state index in [1.165, 1.54) is 18.3 Å². The van der Waals surface area contributed by atoms with E-state index in [9.17, 15) is 14.7 Å². The van der Waals surface area contributed by atoms with Gasteiger partial charge in [-0.25, -0.2) is 0 Å². The molecule has 1 heterocycles. The molecule has 6 nitrogen and oxygen atoms in total. The van der Waals surface area contributed by atoms with Crippen LogP contribution in [-0.2, 0) is 9.53 Å². The number of thiophene rings is 1. The molecule has 1 aromatic heterocycles. The van der Waals surface area contributed by atoms with Gasteiger partial charge < -0.3 is 20.5 Å². The number of carbonyl (C=O) groups is 2. The summed E-state index contributed by atoms with van der Waals surface area (Å²) in [7, 11) is 1.56. The average molecular weight is 300 g/mol. The molecule has 0 saturated heterocycles. The van der Waals surface area contributed by atoms with Gasteiger partial charge in [0, 0.05) is 33.6 Å². The van der Waals surface area contributed by atoms with Crippen LogP contribution in [0.4, 0.5) is 5.00 Å². The lowest BCUT2D eigenvalue weighted by molar-refractivity contribution is -0.114. The lowest BCUT2D eigenvalue weighted by Crippen LogP contribution is -2.41. The van der Waals surface area contributed by atoms with Crippen molar-refractivity contribution in [1.29, 1.82) is 0 Å². The molecule has 2 amide bonds. The predicted molar refractivity (Wildman–Crippen MR) is 78.1 cm³/mol. The third-order valence-corrected chi connectivity index (χ3v) is 3.60. The number of methoxy groups -OCH3 is 1. The molecule has 7 heteroatoms. The maximum Gasteiger partial charge on any atom is 0.261 e. The van der Waals surface area contributed by atoms with Crippen molar-refractivity contribution in [1.82, 2.24) is 5.32 Å². The number of anilines is 1. The van der Waals surface area contributed by atoms with Gasteiger partial charge in [-0.3, -0.25) is 9.59 Å². The van der Waals surface area contributed by atoms with Crippen molar-refractivity contribution in [2.75, 3.05) is 25.6 Å². The highest BCUT2D eigenvalue weighted by Gasteiger charge is 2.21. The van der Waals surface area contributed by atoms with E-state index < -0.39 is 5.60 Å². The van der Waals surface area contributed by atoms with Crippen LogP contribution < -0.4 is 10.6 Å². The third kappa shape index (κ3) is 5.68.